The Kier molecular flexibility index (Phi) is 3.76. The van der Waals surface area contributed by atoms with Gasteiger partial charge < -0.3 is 5.11 Å². The highest BCUT2D eigenvalue weighted by Crippen LogP contribution is 2.40. The normalized spacial score (nSPS) is 28.3. The molecule has 0 aromatic carbocycles. The van der Waals surface area contributed by atoms with Crippen molar-refractivity contribution in [2.45, 2.75) is 58.4 Å². The van der Waals surface area contributed by atoms with E-state index in [1.165, 1.54) is 38.5 Å². The van der Waals surface area contributed by atoms with E-state index in [2.05, 4.69) is 18.7 Å². The molecule has 1 N–H and O–H groups in total. The van der Waals surface area contributed by atoms with Gasteiger partial charge in [0.25, 0.3) is 0 Å². The smallest absolute Gasteiger partial charge is 0.317 e. The van der Waals surface area contributed by atoms with Crippen LogP contribution in [0.1, 0.15) is 52.4 Å². The lowest BCUT2D eigenvalue weighted by atomic mass is 9.72. The van der Waals surface area contributed by atoms with Gasteiger partial charge in [0.05, 0.1) is 6.54 Å². The number of carboxylic acid groups (broad SMARTS) is 1. The topological polar surface area (TPSA) is 40.5 Å². The average Bonchev–Trinajstić information content (AvgIpc) is 2.99. The highest BCUT2D eigenvalue weighted by Gasteiger charge is 2.38. The van der Waals surface area contributed by atoms with E-state index >= 15 is 0 Å². The molecule has 0 heterocycles. The lowest BCUT2D eigenvalue weighted by molar-refractivity contribution is -0.140. The van der Waals surface area contributed by atoms with Crippen LogP contribution in [-0.4, -0.2) is 35.1 Å². The first-order valence-electron chi connectivity index (χ1n) is 6.95. The van der Waals surface area contributed by atoms with Crippen LogP contribution >= 0.6 is 0 Å². The van der Waals surface area contributed by atoms with Gasteiger partial charge >= 0.3 is 5.97 Å². The number of hydrogen-bond donors (Lipinski definition) is 1. The Bertz CT molecular complexity index is 284. The van der Waals surface area contributed by atoms with Gasteiger partial charge in [-0.1, -0.05) is 26.7 Å². The zero-order valence-corrected chi connectivity index (χ0v) is 11.1. The first-order valence-corrected chi connectivity index (χ1v) is 6.95. The van der Waals surface area contributed by atoms with Crippen molar-refractivity contribution in [2.75, 3.05) is 13.1 Å². The maximum Gasteiger partial charge on any atom is 0.317 e. The van der Waals surface area contributed by atoms with Crippen molar-refractivity contribution in [3.8, 4) is 0 Å². The molecular formula is C14H25NO2. The van der Waals surface area contributed by atoms with Gasteiger partial charge in [0.1, 0.15) is 0 Å². The number of carbonyl (C=O) groups is 1. The largest absolute Gasteiger partial charge is 0.480 e. The van der Waals surface area contributed by atoms with Gasteiger partial charge in [-0.15, -0.1) is 0 Å². The molecule has 0 saturated heterocycles. The fourth-order valence-corrected chi connectivity index (χ4v) is 3.26. The van der Waals surface area contributed by atoms with E-state index in [4.69, 9.17) is 5.11 Å². The molecule has 0 bridgehead atoms. The Hall–Kier alpha value is -0.570. The Morgan fingerprint density at radius 2 is 2.00 bits per heavy atom. The summed E-state index contributed by atoms with van der Waals surface area (Å²) in [4.78, 5) is 13.3. The van der Waals surface area contributed by atoms with Gasteiger partial charge in [-0.3, -0.25) is 9.69 Å². The van der Waals surface area contributed by atoms with Crippen molar-refractivity contribution in [3.63, 3.8) is 0 Å². The lowest BCUT2D eigenvalue weighted by Crippen LogP contribution is -2.49. The van der Waals surface area contributed by atoms with Crippen molar-refractivity contribution in [1.29, 1.82) is 0 Å². The van der Waals surface area contributed by atoms with Gasteiger partial charge in [0.2, 0.25) is 0 Å². The summed E-state index contributed by atoms with van der Waals surface area (Å²) in [5, 5.41) is 9.08. The Morgan fingerprint density at radius 1 is 1.29 bits per heavy atom. The molecule has 2 saturated carbocycles. The molecule has 1 unspecified atom stereocenters. The van der Waals surface area contributed by atoms with Gasteiger partial charge in [-0.25, -0.2) is 0 Å². The van der Waals surface area contributed by atoms with Gasteiger partial charge in [0.15, 0.2) is 0 Å². The van der Waals surface area contributed by atoms with E-state index in [0.717, 1.165) is 12.5 Å². The zero-order valence-electron chi connectivity index (χ0n) is 11.1. The predicted octanol–water partition coefficient (Wildman–Crippen LogP) is 2.75. The van der Waals surface area contributed by atoms with Crippen molar-refractivity contribution in [3.05, 3.63) is 0 Å². The van der Waals surface area contributed by atoms with Crippen LogP contribution in [0.3, 0.4) is 0 Å². The van der Waals surface area contributed by atoms with Crippen LogP contribution in [0.15, 0.2) is 0 Å². The maximum absolute atomic E-state index is 11.0. The number of rotatable bonds is 5. The molecule has 0 aliphatic heterocycles. The third-order valence-electron chi connectivity index (χ3n) is 4.42. The van der Waals surface area contributed by atoms with Gasteiger partial charge in [-0.2, -0.15) is 0 Å². The fraction of sp³-hybridized carbons (Fsp3) is 0.929. The summed E-state index contributed by atoms with van der Waals surface area (Å²) in [6.45, 7) is 5.84. The van der Waals surface area contributed by atoms with E-state index < -0.39 is 5.97 Å². The second-order valence-corrected chi connectivity index (χ2v) is 6.52. The van der Waals surface area contributed by atoms with Gasteiger partial charge in [-0.05, 0) is 37.0 Å². The molecule has 2 rings (SSSR count). The van der Waals surface area contributed by atoms with E-state index in [1.54, 1.807) is 0 Å². The first kappa shape index (κ1) is 12.9. The number of hydrogen-bond acceptors (Lipinski definition) is 2. The zero-order chi connectivity index (χ0) is 12.5. The molecule has 98 valence electrons. The third kappa shape index (κ3) is 3.44. The molecule has 0 spiro atoms. The van der Waals surface area contributed by atoms with Crippen molar-refractivity contribution in [2.24, 2.45) is 11.3 Å². The van der Waals surface area contributed by atoms with E-state index in [1.807, 2.05) is 0 Å². The molecule has 3 nitrogen and oxygen atoms in total. The van der Waals surface area contributed by atoms with Crippen LogP contribution in [0.5, 0.6) is 0 Å². The molecule has 3 heteroatoms. The molecule has 1 atom stereocenters. The average molecular weight is 239 g/mol. The molecule has 2 aliphatic rings. The summed E-state index contributed by atoms with van der Waals surface area (Å²) < 4.78 is 0. The summed E-state index contributed by atoms with van der Waals surface area (Å²) in [5.74, 6) is 0.0964. The molecule has 2 fully saturated rings. The third-order valence-corrected chi connectivity index (χ3v) is 4.42. The van der Waals surface area contributed by atoms with Crippen LogP contribution in [0.25, 0.3) is 0 Å². The molecule has 0 aromatic rings. The molecule has 0 amide bonds. The Labute approximate surface area is 104 Å². The van der Waals surface area contributed by atoms with Crippen LogP contribution in [0.2, 0.25) is 0 Å². The summed E-state index contributed by atoms with van der Waals surface area (Å²) in [7, 11) is 0. The minimum Gasteiger partial charge on any atom is -0.480 e. The fourth-order valence-electron chi connectivity index (χ4n) is 3.26. The number of carboxylic acids is 1. The first-order chi connectivity index (χ1) is 7.99. The Balaban J connectivity index is 2.03. The van der Waals surface area contributed by atoms with E-state index in [9.17, 15) is 4.79 Å². The van der Waals surface area contributed by atoms with Crippen LogP contribution in [0.4, 0.5) is 0 Å². The number of aliphatic carboxylic acids is 1. The van der Waals surface area contributed by atoms with Crippen molar-refractivity contribution >= 4 is 5.97 Å². The molecular weight excluding hydrogens is 214 g/mol. The predicted molar refractivity (Wildman–Crippen MR) is 68.0 cm³/mol. The summed E-state index contributed by atoms with van der Waals surface area (Å²) in [5.41, 5.74) is 0.280. The standard InChI is InChI=1S/C14H25NO2/c1-14(2)8-4-3-5-12(14)15(10-13(16)17)9-11-6-7-11/h11-12H,3-10H2,1-2H3,(H,16,17). The van der Waals surface area contributed by atoms with E-state index in [-0.39, 0.29) is 12.0 Å². The molecule has 2 aliphatic carbocycles. The molecule has 17 heavy (non-hydrogen) atoms. The van der Waals surface area contributed by atoms with Crippen LogP contribution in [-0.2, 0) is 4.79 Å². The lowest BCUT2D eigenvalue weighted by Gasteiger charge is -2.45. The SMILES string of the molecule is CC1(C)CCCCC1N(CC(=O)O)CC1CC1. The molecule has 0 radical (unpaired) electrons. The second kappa shape index (κ2) is 4.97. The highest BCUT2D eigenvalue weighted by atomic mass is 16.4. The molecule has 0 aromatic heterocycles. The summed E-state index contributed by atoms with van der Waals surface area (Å²) in [6.07, 6.45) is 7.56. The monoisotopic (exact) mass is 239 g/mol. The van der Waals surface area contributed by atoms with E-state index in [0.29, 0.717) is 6.04 Å². The maximum atomic E-state index is 11.0. The highest BCUT2D eigenvalue weighted by molar-refractivity contribution is 5.69. The minimum atomic E-state index is -0.674. The minimum absolute atomic E-state index is 0.227. The summed E-state index contributed by atoms with van der Waals surface area (Å²) >= 11 is 0. The Morgan fingerprint density at radius 3 is 2.53 bits per heavy atom. The quantitative estimate of drug-likeness (QED) is 0.802. The van der Waals surface area contributed by atoms with Crippen molar-refractivity contribution in [1.82, 2.24) is 4.90 Å². The van der Waals surface area contributed by atoms with Crippen LogP contribution < -0.4 is 0 Å². The van der Waals surface area contributed by atoms with Gasteiger partial charge in [0, 0.05) is 12.6 Å². The second-order valence-electron chi connectivity index (χ2n) is 6.52. The van der Waals surface area contributed by atoms with Crippen LogP contribution in [0, 0.1) is 11.3 Å². The van der Waals surface area contributed by atoms with Crippen molar-refractivity contribution < 1.29 is 9.90 Å². The number of nitrogens with zero attached hydrogens (tertiary/aromatic N) is 1. The summed E-state index contributed by atoms with van der Waals surface area (Å²) in [6, 6.07) is 0.466.